The molecule has 0 spiro atoms. The van der Waals surface area contributed by atoms with Crippen LogP contribution >= 0.6 is 23.2 Å². The molecule has 196 valence electrons. The van der Waals surface area contributed by atoms with Crippen LogP contribution in [0.1, 0.15) is 49.4 Å². The van der Waals surface area contributed by atoms with Crippen LogP contribution in [0.3, 0.4) is 0 Å². The van der Waals surface area contributed by atoms with Crippen molar-refractivity contribution in [2.75, 3.05) is 4.90 Å². The number of amides is 1. The second-order valence-electron chi connectivity index (χ2n) is 9.26. The number of carbonyl (C=O) groups excluding carboxylic acids is 1. The van der Waals surface area contributed by atoms with Gasteiger partial charge in [0.25, 0.3) is 0 Å². The van der Waals surface area contributed by atoms with Gasteiger partial charge in [-0.3, -0.25) is 14.3 Å². The van der Waals surface area contributed by atoms with Gasteiger partial charge < -0.3 is 5.11 Å². The van der Waals surface area contributed by atoms with E-state index in [1.807, 2.05) is 0 Å². The van der Waals surface area contributed by atoms with Gasteiger partial charge in [-0.15, -0.1) is 0 Å². The average Bonchev–Trinajstić information content (AvgIpc) is 3.24. The number of carbonyl (C=O) groups is 2. The molecule has 0 radical (unpaired) electrons. The SMILES string of the molecule is CC(=O)N(c1ccc(C(=O)O)cc1Cl)C1(n2c(-c3ccc(Cl)nc3)nc3cc(F)c(F)cc32)CCCCC1. The molecule has 4 aromatic rings. The average molecular weight is 559 g/mol. The number of halogens is 4. The van der Waals surface area contributed by atoms with Crippen molar-refractivity contribution < 1.29 is 23.5 Å². The third-order valence-corrected chi connectivity index (χ3v) is 7.45. The molecule has 2 aromatic heterocycles. The predicted octanol–water partition coefficient (Wildman–Crippen LogP) is 7.05. The van der Waals surface area contributed by atoms with Gasteiger partial charge in [-0.25, -0.2) is 23.5 Å². The van der Waals surface area contributed by atoms with E-state index in [0.29, 0.717) is 35.4 Å². The Labute approximate surface area is 226 Å². The summed E-state index contributed by atoms with van der Waals surface area (Å²) in [5.74, 6) is -3.27. The van der Waals surface area contributed by atoms with Gasteiger partial charge in [-0.2, -0.15) is 0 Å². The Balaban J connectivity index is 1.85. The van der Waals surface area contributed by atoms with Crippen molar-refractivity contribution in [1.29, 1.82) is 0 Å². The fourth-order valence-corrected chi connectivity index (χ4v) is 5.75. The van der Waals surface area contributed by atoms with Gasteiger partial charge in [0.15, 0.2) is 11.6 Å². The second kappa shape index (κ2) is 9.96. The van der Waals surface area contributed by atoms with E-state index in [0.717, 1.165) is 31.4 Å². The molecule has 7 nitrogen and oxygen atoms in total. The van der Waals surface area contributed by atoms with E-state index in [1.54, 1.807) is 16.7 Å². The largest absolute Gasteiger partial charge is 0.478 e. The number of fused-ring (bicyclic) bond motifs is 1. The first kappa shape index (κ1) is 26.1. The number of benzene rings is 2. The standard InChI is InChI=1S/C27H22Cl2F2N4O3/c1-15(36)34(22-7-5-16(26(37)38)11-18(22)28)27(9-3-2-4-10-27)35-23-13-20(31)19(30)12-21(23)33-25(35)17-6-8-24(29)32-14-17/h5-8,11-14H,2-4,9-10H2,1H3,(H,37,38). The summed E-state index contributed by atoms with van der Waals surface area (Å²) in [5, 5.41) is 9.74. The van der Waals surface area contributed by atoms with Crippen LogP contribution in [0.2, 0.25) is 10.2 Å². The number of carboxylic acid groups (broad SMARTS) is 1. The van der Waals surface area contributed by atoms with E-state index in [-0.39, 0.29) is 27.2 Å². The molecule has 5 rings (SSSR count). The number of aromatic carboxylic acids is 1. The van der Waals surface area contributed by atoms with Crippen LogP contribution in [0, 0.1) is 11.6 Å². The summed E-state index contributed by atoms with van der Waals surface area (Å²) in [5.41, 5.74) is 0.184. The zero-order chi connectivity index (χ0) is 27.2. The molecule has 11 heteroatoms. The second-order valence-corrected chi connectivity index (χ2v) is 10.1. The van der Waals surface area contributed by atoms with Crippen molar-refractivity contribution in [2.24, 2.45) is 0 Å². The lowest BCUT2D eigenvalue weighted by Gasteiger charge is -2.48. The monoisotopic (exact) mass is 558 g/mol. The van der Waals surface area contributed by atoms with Crippen molar-refractivity contribution in [2.45, 2.75) is 44.7 Å². The van der Waals surface area contributed by atoms with Gasteiger partial charge >= 0.3 is 5.97 Å². The first-order chi connectivity index (χ1) is 18.1. The third-order valence-electron chi connectivity index (χ3n) is 6.92. The fraction of sp³-hybridized carbons (Fsp3) is 0.259. The van der Waals surface area contributed by atoms with Crippen molar-refractivity contribution in [3.8, 4) is 11.4 Å². The number of rotatable bonds is 5. The molecule has 0 unspecified atom stereocenters. The van der Waals surface area contributed by atoms with Crippen LogP contribution in [-0.4, -0.2) is 31.5 Å². The summed E-state index contributed by atoms with van der Waals surface area (Å²) in [6.45, 7) is 1.39. The minimum atomic E-state index is -1.16. The Morgan fingerprint density at radius 3 is 2.34 bits per heavy atom. The maximum Gasteiger partial charge on any atom is 0.335 e. The quantitative estimate of drug-likeness (QED) is 0.265. The number of nitrogens with zero attached hydrogens (tertiary/aromatic N) is 4. The Hall–Kier alpha value is -3.56. The predicted molar refractivity (Wildman–Crippen MR) is 141 cm³/mol. The van der Waals surface area contributed by atoms with Crippen molar-refractivity contribution in [1.82, 2.24) is 14.5 Å². The summed E-state index contributed by atoms with van der Waals surface area (Å²) in [7, 11) is 0. The zero-order valence-corrected chi connectivity index (χ0v) is 21.7. The number of pyridine rings is 1. The summed E-state index contributed by atoms with van der Waals surface area (Å²) < 4.78 is 30.7. The summed E-state index contributed by atoms with van der Waals surface area (Å²) in [6, 6.07) is 9.54. The lowest BCUT2D eigenvalue weighted by atomic mass is 9.85. The van der Waals surface area contributed by atoms with Crippen molar-refractivity contribution >= 4 is 51.8 Å². The minimum absolute atomic E-state index is 0.0292. The highest BCUT2D eigenvalue weighted by Crippen LogP contribution is 2.47. The normalized spacial score (nSPS) is 15.0. The Morgan fingerprint density at radius 1 is 1.03 bits per heavy atom. The Morgan fingerprint density at radius 2 is 1.74 bits per heavy atom. The highest BCUT2D eigenvalue weighted by Gasteiger charge is 2.45. The number of hydrogen-bond acceptors (Lipinski definition) is 4. The molecule has 1 N–H and O–H groups in total. The third kappa shape index (κ3) is 4.39. The summed E-state index contributed by atoms with van der Waals surface area (Å²) in [4.78, 5) is 35.3. The smallest absolute Gasteiger partial charge is 0.335 e. The maximum atomic E-state index is 14.6. The maximum absolute atomic E-state index is 14.6. The molecule has 38 heavy (non-hydrogen) atoms. The van der Waals surface area contributed by atoms with Crippen LogP contribution in [0.25, 0.3) is 22.4 Å². The topological polar surface area (TPSA) is 88.3 Å². The molecular formula is C27H22Cl2F2N4O3. The van der Waals surface area contributed by atoms with Gasteiger partial charge in [0.05, 0.1) is 27.3 Å². The Kier molecular flexibility index (Phi) is 6.83. The molecule has 1 aliphatic rings. The molecule has 1 fully saturated rings. The van der Waals surface area contributed by atoms with Gasteiger partial charge in [0.1, 0.15) is 16.6 Å². The molecule has 2 aromatic carbocycles. The van der Waals surface area contributed by atoms with Gasteiger partial charge in [-0.1, -0.05) is 29.6 Å². The molecule has 0 saturated heterocycles. The number of hydrogen-bond donors (Lipinski definition) is 1. The number of aromatic nitrogens is 3. The fourth-order valence-electron chi connectivity index (χ4n) is 5.37. The van der Waals surface area contributed by atoms with Crippen LogP contribution in [0.5, 0.6) is 0 Å². The lowest BCUT2D eigenvalue weighted by Crippen LogP contribution is -2.54. The molecule has 2 heterocycles. The summed E-state index contributed by atoms with van der Waals surface area (Å²) >= 11 is 12.6. The van der Waals surface area contributed by atoms with Crippen LogP contribution in [0.15, 0.2) is 48.7 Å². The lowest BCUT2D eigenvalue weighted by molar-refractivity contribution is -0.119. The van der Waals surface area contributed by atoms with E-state index in [1.165, 1.54) is 36.2 Å². The first-order valence-electron chi connectivity index (χ1n) is 12.0. The van der Waals surface area contributed by atoms with E-state index in [4.69, 9.17) is 23.2 Å². The van der Waals surface area contributed by atoms with E-state index < -0.39 is 23.3 Å². The van der Waals surface area contributed by atoms with E-state index in [9.17, 15) is 23.5 Å². The van der Waals surface area contributed by atoms with Crippen LogP contribution in [-0.2, 0) is 10.5 Å². The minimum Gasteiger partial charge on any atom is -0.478 e. The number of carboxylic acids is 1. The molecule has 1 aliphatic carbocycles. The van der Waals surface area contributed by atoms with E-state index in [2.05, 4.69) is 9.97 Å². The van der Waals surface area contributed by atoms with Crippen LogP contribution < -0.4 is 4.90 Å². The number of anilines is 1. The van der Waals surface area contributed by atoms with Crippen molar-refractivity contribution in [3.05, 3.63) is 76.0 Å². The van der Waals surface area contributed by atoms with Gasteiger partial charge in [0.2, 0.25) is 5.91 Å². The highest BCUT2D eigenvalue weighted by molar-refractivity contribution is 6.34. The first-order valence-corrected chi connectivity index (χ1v) is 12.7. The van der Waals surface area contributed by atoms with Gasteiger partial charge in [-0.05, 0) is 56.0 Å². The highest BCUT2D eigenvalue weighted by atomic mass is 35.5. The van der Waals surface area contributed by atoms with Crippen molar-refractivity contribution in [3.63, 3.8) is 0 Å². The van der Waals surface area contributed by atoms with E-state index >= 15 is 0 Å². The molecule has 1 amide bonds. The molecule has 1 saturated carbocycles. The molecule has 0 bridgehead atoms. The summed E-state index contributed by atoms with van der Waals surface area (Å²) in [6.07, 6.45) is 4.80. The molecular weight excluding hydrogens is 537 g/mol. The van der Waals surface area contributed by atoms with Crippen LogP contribution in [0.4, 0.5) is 14.5 Å². The molecule has 0 atom stereocenters. The number of imidazole rings is 1. The molecule has 0 aliphatic heterocycles. The van der Waals surface area contributed by atoms with Gasteiger partial charge in [0, 0.05) is 30.8 Å². The zero-order valence-electron chi connectivity index (χ0n) is 20.2. The Bertz CT molecular complexity index is 1570.